The van der Waals surface area contributed by atoms with Gasteiger partial charge in [-0.1, -0.05) is 6.42 Å². The molecule has 2 rings (SSSR count). The van der Waals surface area contributed by atoms with Gasteiger partial charge in [0.1, 0.15) is 0 Å². The third-order valence-electron chi connectivity index (χ3n) is 4.96. The van der Waals surface area contributed by atoms with Crippen molar-refractivity contribution >= 4 is 5.96 Å². The van der Waals surface area contributed by atoms with Gasteiger partial charge in [-0.05, 0) is 66.0 Å². The Morgan fingerprint density at radius 1 is 1.17 bits per heavy atom. The molecule has 2 saturated heterocycles. The highest BCUT2D eigenvalue weighted by Crippen LogP contribution is 2.20. The van der Waals surface area contributed by atoms with Crippen molar-refractivity contribution in [3.8, 4) is 0 Å². The molecule has 0 aromatic rings. The van der Waals surface area contributed by atoms with Crippen LogP contribution in [0.2, 0.25) is 0 Å². The molecule has 0 amide bonds. The van der Waals surface area contributed by atoms with Crippen LogP contribution in [0.25, 0.3) is 0 Å². The van der Waals surface area contributed by atoms with Crippen LogP contribution < -0.4 is 10.6 Å². The zero-order chi connectivity index (χ0) is 16.5. The molecule has 2 N–H and O–H groups in total. The van der Waals surface area contributed by atoms with Crippen molar-refractivity contribution in [2.75, 3.05) is 39.3 Å². The Labute approximate surface area is 142 Å². The summed E-state index contributed by atoms with van der Waals surface area (Å²) in [6.07, 6.45) is 7.96. The average Bonchev–Trinajstić information content (AvgIpc) is 3.07. The predicted octanol–water partition coefficient (Wildman–Crippen LogP) is 2.38. The van der Waals surface area contributed by atoms with Gasteiger partial charge in [0.15, 0.2) is 5.96 Å². The van der Waals surface area contributed by atoms with Gasteiger partial charge in [-0.25, -0.2) is 0 Å². The van der Waals surface area contributed by atoms with E-state index in [-0.39, 0.29) is 5.54 Å². The van der Waals surface area contributed by atoms with Gasteiger partial charge in [0.25, 0.3) is 0 Å². The lowest BCUT2D eigenvalue weighted by atomic mass is 9.99. The van der Waals surface area contributed by atoms with Crippen molar-refractivity contribution in [1.82, 2.24) is 15.5 Å². The van der Waals surface area contributed by atoms with E-state index in [9.17, 15) is 0 Å². The Morgan fingerprint density at radius 2 is 1.96 bits per heavy atom. The number of rotatable bonds is 7. The molecule has 23 heavy (non-hydrogen) atoms. The first-order chi connectivity index (χ1) is 11.1. The van der Waals surface area contributed by atoms with E-state index in [0.29, 0.717) is 6.10 Å². The van der Waals surface area contributed by atoms with Crippen LogP contribution in [0.4, 0.5) is 0 Å². The minimum absolute atomic E-state index is 0.136. The molecule has 0 radical (unpaired) electrons. The van der Waals surface area contributed by atoms with E-state index < -0.39 is 0 Å². The van der Waals surface area contributed by atoms with E-state index in [1.807, 2.05) is 0 Å². The Bertz CT molecular complexity index is 358. The summed E-state index contributed by atoms with van der Waals surface area (Å²) in [7, 11) is 0. The molecule has 0 aliphatic carbocycles. The SMILES string of the molecule is CCNC(=NCC(C)(C)N1CCCCC1)NCCC1CCCO1. The number of hydrogen-bond acceptors (Lipinski definition) is 3. The fraction of sp³-hybridized carbons (Fsp3) is 0.944. The van der Waals surface area contributed by atoms with Crippen LogP contribution in [0, 0.1) is 0 Å². The van der Waals surface area contributed by atoms with Gasteiger partial charge in [0, 0.05) is 25.2 Å². The average molecular weight is 325 g/mol. The highest BCUT2D eigenvalue weighted by atomic mass is 16.5. The smallest absolute Gasteiger partial charge is 0.191 e. The zero-order valence-corrected chi connectivity index (χ0v) is 15.4. The summed E-state index contributed by atoms with van der Waals surface area (Å²) in [4.78, 5) is 7.43. The highest BCUT2D eigenvalue weighted by molar-refractivity contribution is 5.79. The molecule has 1 unspecified atom stereocenters. The normalized spacial score (nSPS) is 24.0. The molecule has 0 saturated carbocycles. The number of guanidine groups is 1. The maximum atomic E-state index is 5.68. The number of likely N-dealkylation sites (tertiary alicyclic amines) is 1. The minimum atomic E-state index is 0.136. The number of hydrogen-bond donors (Lipinski definition) is 2. The van der Waals surface area contributed by atoms with Crippen molar-refractivity contribution in [1.29, 1.82) is 0 Å². The van der Waals surface area contributed by atoms with Crippen molar-refractivity contribution in [2.24, 2.45) is 4.99 Å². The summed E-state index contributed by atoms with van der Waals surface area (Å²) in [5.41, 5.74) is 0.136. The summed E-state index contributed by atoms with van der Waals surface area (Å²) < 4.78 is 5.68. The third kappa shape index (κ3) is 6.30. The molecule has 0 spiro atoms. The van der Waals surface area contributed by atoms with Crippen LogP contribution in [0.5, 0.6) is 0 Å². The summed E-state index contributed by atoms with van der Waals surface area (Å²) >= 11 is 0. The molecule has 0 aromatic heterocycles. The molecule has 1 atom stereocenters. The van der Waals surface area contributed by atoms with Gasteiger partial charge < -0.3 is 15.4 Å². The molecular weight excluding hydrogens is 288 g/mol. The van der Waals surface area contributed by atoms with Crippen LogP contribution in [-0.4, -0.2) is 61.8 Å². The minimum Gasteiger partial charge on any atom is -0.378 e. The summed E-state index contributed by atoms with van der Waals surface area (Å²) in [5, 5.41) is 6.83. The highest BCUT2D eigenvalue weighted by Gasteiger charge is 2.27. The second-order valence-corrected chi connectivity index (χ2v) is 7.41. The maximum absolute atomic E-state index is 5.68. The molecule has 134 valence electrons. The van der Waals surface area contributed by atoms with Gasteiger partial charge in [0.2, 0.25) is 0 Å². The van der Waals surface area contributed by atoms with Crippen LogP contribution in [-0.2, 0) is 4.74 Å². The molecule has 2 aliphatic rings. The number of piperidine rings is 1. The second-order valence-electron chi connectivity index (χ2n) is 7.41. The Kier molecular flexibility index (Phi) is 7.63. The predicted molar refractivity (Wildman–Crippen MR) is 97.1 cm³/mol. The summed E-state index contributed by atoms with van der Waals surface area (Å²) in [5.74, 6) is 0.940. The van der Waals surface area contributed by atoms with E-state index in [1.165, 1.54) is 45.2 Å². The molecule has 2 heterocycles. The van der Waals surface area contributed by atoms with Gasteiger partial charge >= 0.3 is 0 Å². The fourth-order valence-corrected chi connectivity index (χ4v) is 3.44. The number of nitrogens with one attached hydrogen (secondary N) is 2. The summed E-state index contributed by atoms with van der Waals surface area (Å²) in [6.45, 7) is 12.8. The first-order valence-electron chi connectivity index (χ1n) is 9.50. The first-order valence-corrected chi connectivity index (χ1v) is 9.50. The Hall–Kier alpha value is -0.810. The van der Waals surface area contributed by atoms with Crippen molar-refractivity contribution in [3.63, 3.8) is 0 Å². The van der Waals surface area contributed by atoms with Gasteiger partial charge in [-0.15, -0.1) is 0 Å². The lowest BCUT2D eigenvalue weighted by molar-refractivity contribution is 0.102. The Balaban J connectivity index is 1.78. The van der Waals surface area contributed by atoms with Crippen LogP contribution in [0.1, 0.15) is 59.3 Å². The molecule has 0 bridgehead atoms. The van der Waals surface area contributed by atoms with E-state index in [2.05, 4.69) is 36.3 Å². The van der Waals surface area contributed by atoms with Crippen LogP contribution in [0.15, 0.2) is 4.99 Å². The van der Waals surface area contributed by atoms with Gasteiger partial charge in [-0.2, -0.15) is 0 Å². The first kappa shape index (κ1) is 18.5. The molecule has 5 heteroatoms. The van der Waals surface area contributed by atoms with Gasteiger partial charge in [-0.3, -0.25) is 9.89 Å². The van der Waals surface area contributed by atoms with Crippen molar-refractivity contribution < 1.29 is 4.74 Å². The standard InChI is InChI=1S/C18H36N4O/c1-4-19-17(20-11-10-16-9-8-14-23-16)21-15-18(2,3)22-12-6-5-7-13-22/h16H,4-15H2,1-3H3,(H2,19,20,21). The van der Waals surface area contributed by atoms with Crippen molar-refractivity contribution in [2.45, 2.75) is 70.9 Å². The fourth-order valence-electron chi connectivity index (χ4n) is 3.44. The number of aliphatic imine (C=N–C) groups is 1. The van der Waals surface area contributed by atoms with Crippen molar-refractivity contribution in [3.05, 3.63) is 0 Å². The molecule has 0 aromatic carbocycles. The topological polar surface area (TPSA) is 48.9 Å². The van der Waals surface area contributed by atoms with E-state index in [0.717, 1.165) is 38.6 Å². The monoisotopic (exact) mass is 324 g/mol. The lowest BCUT2D eigenvalue weighted by Gasteiger charge is -2.40. The van der Waals surface area contributed by atoms with Crippen LogP contribution in [0.3, 0.4) is 0 Å². The quantitative estimate of drug-likeness (QED) is 0.558. The number of nitrogens with zero attached hydrogens (tertiary/aromatic N) is 2. The largest absolute Gasteiger partial charge is 0.378 e. The van der Waals surface area contributed by atoms with E-state index in [4.69, 9.17) is 9.73 Å². The lowest BCUT2D eigenvalue weighted by Crippen LogP contribution is -2.49. The molecule has 2 aliphatic heterocycles. The Morgan fingerprint density at radius 3 is 2.61 bits per heavy atom. The van der Waals surface area contributed by atoms with E-state index >= 15 is 0 Å². The molecule has 5 nitrogen and oxygen atoms in total. The number of ether oxygens (including phenoxy) is 1. The van der Waals surface area contributed by atoms with E-state index in [1.54, 1.807) is 0 Å². The maximum Gasteiger partial charge on any atom is 0.191 e. The van der Waals surface area contributed by atoms with Gasteiger partial charge in [0.05, 0.1) is 12.6 Å². The molecule has 2 fully saturated rings. The third-order valence-corrected chi connectivity index (χ3v) is 4.96. The molecular formula is C18H36N4O. The summed E-state index contributed by atoms with van der Waals surface area (Å²) in [6, 6.07) is 0. The zero-order valence-electron chi connectivity index (χ0n) is 15.4. The second kappa shape index (κ2) is 9.48. The van der Waals surface area contributed by atoms with Crippen LogP contribution >= 0.6 is 0 Å².